The highest BCUT2D eigenvalue weighted by Crippen LogP contribution is 2.11. The molecule has 9 heavy (non-hydrogen) atoms. The lowest BCUT2D eigenvalue weighted by molar-refractivity contribution is 0.485. The molecule has 0 atom stereocenters. The lowest BCUT2D eigenvalue weighted by Crippen LogP contribution is -1.93. The van der Waals surface area contributed by atoms with E-state index >= 15 is 0 Å². The molecule has 1 aromatic rings. The van der Waals surface area contributed by atoms with Gasteiger partial charge in [-0.15, -0.1) is 11.3 Å². The van der Waals surface area contributed by atoms with Gasteiger partial charge in [-0.3, -0.25) is 9.54 Å². The third-order valence-corrected chi connectivity index (χ3v) is 2.76. The maximum Gasteiger partial charge on any atom is 0.305 e. The van der Waals surface area contributed by atoms with Gasteiger partial charge in [-0.05, 0) is 0 Å². The fourth-order valence-corrected chi connectivity index (χ4v) is 1.49. The highest BCUT2D eigenvalue weighted by molar-refractivity contribution is 7.88. The van der Waals surface area contributed by atoms with E-state index in [4.69, 9.17) is 4.55 Å². The molecule has 0 amide bonds. The van der Waals surface area contributed by atoms with Crippen LogP contribution in [0.2, 0.25) is 0 Å². The standard InChI is InChI=1S/C3H3NO3S2/c5-9(6,7)3-1-4-2-8-3/h1-2H,(H,5,6,7). The molecule has 1 rings (SSSR count). The first-order chi connectivity index (χ1) is 4.11. The Morgan fingerprint density at radius 2 is 2.33 bits per heavy atom. The minimum absolute atomic E-state index is 0.123. The quantitative estimate of drug-likeness (QED) is 0.611. The first kappa shape index (κ1) is 6.66. The van der Waals surface area contributed by atoms with Crippen LogP contribution in [0.5, 0.6) is 0 Å². The van der Waals surface area contributed by atoms with Crippen molar-refractivity contribution >= 4 is 21.5 Å². The maximum absolute atomic E-state index is 10.2. The summed E-state index contributed by atoms with van der Waals surface area (Å²) in [6.07, 6.45) is 1.10. The van der Waals surface area contributed by atoms with Crippen LogP contribution in [-0.2, 0) is 10.1 Å². The predicted molar refractivity (Wildman–Crippen MR) is 31.9 cm³/mol. The van der Waals surface area contributed by atoms with E-state index in [-0.39, 0.29) is 4.21 Å². The molecule has 0 unspecified atom stereocenters. The van der Waals surface area contributed by atoms with E-state index in [1.165, 1.54) is 5.51 Å². The van der Waals surface area contributed by atoms with Crippen LogP contribution in [0.1, 0.15) is 0 Å². The molecule has 1 N–H and O–H groups in total. The van der Waals surface area contributed by atoms with Crippen molar-refractivity contribution in [3.63, 3.8) is 0 Å². The summed E-state index contributed by atoms with van der Waals surface area (Å²) in [7, 11) is -4.00. The van der Waals surface area contributed by atoms with Gasteiger partial charge in [-0.25, -0.2) is 0 Å². The molecule has 50 valence electrons. The van der Waals surface area contributed by atoms with Crippen molar-refractivity contribution in [3.8, 4) is 0 Å². The van der Waals surface area contributed by atoms with Crippen LogP contribution >= 0.6 is 11.3 Å². The second-order valence-corrected chi connectivity index (χ2v) is 3.83. The summed E-state index contributed by atoms with van der Waals surface area (Å²) in [5, 5.41) is 0. The van der Waals surface area contributed by atoms with Gasteiger partial charge >= 0.3 is 10.1 Å². The highest BCUT2D eigenvalue weighted by atomic mass is 32.3. The molecule has 4 nitrogen and oxygen atoms in total. The zero-order chi connectivity index (χ0) is 6.91. The number of aromatic nitrogens is 1. The Morgan fingerprint density at radius 1 is 1.67 bits per heavy atom. The van der Waals surface area contributed by atoms with Gasteiger partial charge in [-0.2, -0.15) is 8.42 Å². The smallest absolute Gasteiger partial charge is 0.281 e. The van der Waals surface area contributed by atoms with Crippen molar-refractivity contribution in [2.75, 3.05) is 0 Å². The van der Waals surface area contributed by atoms with E-state index in [2.05, 4.69) is 4.98 Å². The van der Waals surface area contributed by atoms with Gasteiger partial charge in [0.1, 0.15) is 0 Å². The van der Waals surface area contributed by atoms with Crippen LogP contribution in [0.15, 0.2) is 15.9 Å². The molecule has 6 heteroatoms. The molecule has 0 aromatic carbocycles. The third kappa shape index (κ3) is 1.47. The summed E-state index contributed by atoms with van der Waals surface area (Å²) < 4.78 is 28.6. The number of thiazole rings is 1. The van der Waals surface area contributed by atoms with Crippen molar-refractivity contribution in [2.45, 2.75) is 4.21 Å². The van der Waals surface area contributed by atoms with Crippen molar-refractivity contribution in [2.24, 2.45) is 0 Å². The Hall–Kier alpha value is -0.460. The van der Waals surface area contributed by atoms with Gasteiger partial charge in [0.05, 0.1) is 11.7 Å². The van der Waals surface area contributed by atoms with Crippen LogP contribution < -0.4 is 0 Å². The van der Waals surface area contributed by atoms with Crippen molar-refractivity contribution in [3.05, 3.63) is 11.7 Å². The molecule has 1 heterocycles. The van der Waals surface area contributed by atoms with Gasteiger partial charge in [-0.1, -0.05) is 0 Å². The highest BCUT2D eigenvalue weighted by Gasteiger charge is 2.09. The Balaban J connectivity index is 3.20. The lowest BCUT2D eigenvalue weighted by atomic mass is 11.0. The minimum atomic E-state index is -4.00. The van der Waals surface area contributed by atoms with Gasteiger partial charge in [0.25, 0.3) is 0 Å². The molecular formula is C3H3NO3S2. The van der Waals surface area contributed by atoms with Crippen LogP contribution in [0.3, 0.4) is 0 Å². The van der Waals surface area contributed by atoms with Crippen LogP contribution in [0.4, 0.5) is 0 Å². The number of hydrogen-bond donors (Lipinski definition) is 1. The average Bonchev–Trinajstić information content (AvgIpc) is 2.08. The van der Waals surface area contributed by atoms with Crippen molar-refractivity contribution in [1.29, 1.82) is 0 Å². The predicted octanol–water partition coefficient (Wildman–Crippen LogP) is 0.390. The average molecular weight is 165 g/mol. The Bertz CT molecular complexity index is 274. The van der Waals surface area contributed by atoms with Gasteiger partial charge in [0.15, 0.2) is 4.21 Å². The molecule has 0 aliphatic heterocycles. The van der Waals surface area contributed by atoms with E-state index in [0.29, 0.717) is 0 Å². The van der Waals surface area contributed by atoms with E-state index < -0.39 is 10.1 Å². The third-order valence-electron chi connectivity index (χ3n) is 0.664. The zero-order valence-corrected chi connectivity index (χ0v) is 5.82. The Morgan fingerprint density at radius 3 is 2.56 bits per heavy atom. The van der Waals surface area contributed by atoms with Gasteiger partial charge in [0.2, 0.25) is 0 Å². The zero-order valence-electron chi connectivity index (χ0n) is 4.18. The topological polar surface area (TPSA) is 67.3 Å². The summed E-state index contributed by atoms with van der Waals surface area (Å²) in [5.41, 5.74) is 1.34. The lowest BCUT2D eigenvalue weighted by Gasteiger charge is -1.83. The molecule has 0 saturated carbocycles. The first-order valence-electron chi connectivity index (χ1n) is 1.96. The number of rotatable bonds is 1. The molecule has 0 fully saturated rings. The number of nitrogens with zero attached hydrogens (tertiary/aromatic N) is 1. The summed E-state index contributed by atoms with van der Waals surface area (Å²) in [5.74, 6) is 0. The van der Waals surface area contributed by atoms with E-state index in [0.717, 1.165) is 17.5 Å². The molecule has 0 saturated heterocycles. The summed E-state index contributed by atoms with van der Waals surface area (Å²) in [4.78, 5) is 3.47. The van der Waals surface area contributed by atoms with Gasteiger partial charge < -0.3 is 0 Å². The fourth-order valence-electron chi connectivity index (χ4n) is 0.331. The molecule has 0 aliphatic carbocycles. The van der Waals surface area contributed by atoms with Crippen molar-refractivity contribution in [1.82, 2.24) is 4.98 Å². The van der Waals surface area contributed by atoms with Crippen LogP contribution in [-0.4, -0.2) is 18.0 Å². The Kier molecular flexibility index (Phi) is 1.52. The Labute approximate surface area is 55.9 Å². The molecule has 0 aliphatic rings. The summed E-state index contributed by atoms with van der Waals surface area (Å²) >= 11 is 0.881. The molecular weight excluding hydrogens is 162 g/mol. The molecule has 0 bridgehead atoms. The molecule has 0 radical (unpaired) electrons. The normalized spacial score (nSPS) is 11.7. The van der Waals surface area contributed by atoms with E-state index in [1.807, 2.05) is 0 Å². The second kappa shape index (κ2) is 2.05. The first-order valence-corrected chi connectivity index (χ1v) is 4.28. The maximum atomic E-state index is 10.2. The van der Waals surface area contributed by atoms with Crippen LogP contribution in [0, 0.1) is 0 Å². The molecule has 1 aromatic heterocycles. The minimum Gasteiger partial charge on any atom is -0.281 e. The fraction of sp³-hybridized carbons (Fsp3) is 0. The largest absolute Gasteiger partial charge is 0.305 e. The monoisotopic (exact) mass is 165 g/mol. The molecule has 0 spiro atoms. The summed E-state index contributed by atoms with van der Waals surface area (Å²) in [6.45, 7) is 0. The van der Waals surface area contributed by atoms with Crippen molar-refractivity contribution < 1.29 is 13.0 Å². The van der Waals surface area contributed by atoms with E-state index in [9.17, 15) is 8.42 Å². The van der Waals surface area contributed by atoms with Crippen LogP contribution in [0.25, 0.3) is 0 Å². The van der Waals surface area contributed by atoms with E-state index in [1.54, 1.807) is 0 Å². The number of hydrogen-bond acceptors (Lipinski definition) is 4. The van der Waals surface area contributed by atoms with Gasteiger partial charge in [0, 0.05) is 0 Å². The summed E-state index contributed by atoms with van der Waals surface area (Å²) in [6, 6.07) is 0. The second-order valence-electron chi connectivity index (χ2n) is 1.30. The SMILES string of the molecule is O=S(=O)(O)c1cncs1.